The average Bonchev–Trinajstić information content (AvgIpc) is 3.41. The number of halogens is 2. The molecule has 4 rings (SSSR count). The molecule has 0 atom stereocenters. The first-order valence-corrected chi connectivity index (χ1v) is 16.2. The lowest BCUT2D eigenvalue weighted by atomic mass is 10.1. The summed E-state index contributed by atoms with van der Waals surface area (Å²) in [5.74, 6) is 0.470. The average molecular weight is 633 g/mol. The van der Waals surface area contributed by atoms with Gasteiger partial charge in [-0.1, -0.05) is 27.7 Å². The van der Waals surface area contributed by atoms with E-state index in [1.807, 2.05) is 53.6 Å². The lowest BCUT2D eigenvalue weighted by Gasteiger charge is -2.42. The maximum absolute atomic E-state index is 12.9. The zero-order chi connectivity index (χ0) is 32.0. The fourth-order valence-electron chi connectivity index (χ4n) is 3.75. The van der Waals surface area contributed by atoms with E-state index in [2.05, 4.69) is 19.9 Å². The SMILES string of the molecule is CC.CC(=O)N1CC(N(C)C)C1.CC(C)CNc1cc(S(=O)(=O)NC2(C)CC2)cn2c(C(=N)SC(=N)C(F)F)ncc12.[HH]. The van der Waals surface area contributed by atoms with Gasteiger partial charge in [-0.3, -0.25) is 20.0 Å². The summed E-state index contributed by atoms with van der Waals surface area (Å²) in [6.07, 6.45) is 1.28. The van der Waals surface area contributed by atoms with Gasteiger partial charge in [0, 0.05) is 45.8 Å². The second kappa shape index (κ2) is 14.7. The van der Waals surface area contributed by atoms with E-state index >= 15 is 0 Å². The van der Waals surface area contributed by atoms with Crippen LogP contribution in [0.1, 0.15) is 61.6 Å². The van der Waals surface area contributed by atoms with Gasteiger partial charge in [-0.05, 0) is 57.6 Å². The highest BCUT2D eigenvalue weighted by Gasteiger charge is 2.41. The highest BCUT2D eigenvalue weighted by molar-refractivity contribution is 8.26. The molecule has 2 aromatic rings. The number of rotatable bonds is 9. The monoisotopic (exact) mass is 632 g/mol. The summed E-state index contributed by atoms with van der Waals surface area (Å²) in [7, 11) is 0.245. The molecule has 0 spiro atoms. The van der Waals surface area contributed by atoms with Crippen LogP contribution in [0.3, 0.4) is 0 Å². The Bertz CT molecular complexity index is 1380. The maximum atomic E-state index is 12.9. The molecule has 1 amide bonds. The van der Waals surface area contributed by atoms with Crippen LogP contribution in [0.25, 0.3) is 5.52 Å². The van der Waals surface area contributed by atoms with Gasteiger partial charge in [0.1, 0.15) is 15.0 Å². The molecular weight excluding hydrogens is 586 g/mol. The number of alkyl halides is 2. The Kier molecular flexibility index (Phi) is 12.5. The topological polar surface area (TPSA) is 147 Å². The van der Waals surface area contributed by atoms with Crippen molar-refractivity contribution >= 4 is 49.0 Å². The van der Waals surface area contributed by atoms with Gasteiger partial charge in [0.15, 0.2) is 5.82 Å². The van der Waals surface area contributed by atoms with Crippen molar-refractivity contribution in [3.63, 3.8) is 0 Å². The molecule has 1 aliphatic carbocycles. The molecule has 42 heavy (non-hydrogen) atoms. The Labute approximate surface area is 253 Å². The van der Waals surface area contributed by atoms with E-state index in [9.17, 15) is 22.0 Å². The number of aromatic nitrogens is 2. The van der Waals surface area contributed by atoms with Crippen molar-refractivity contribution in [1.29, 1.82) is 10.8 Å². The van der Waals surface area contributed by atoms with Crippen molar-refractivity contribution in [2.24, 2.45) is 5.92 Å². The molecule has 0 unspecified atom stereocenters. The van der Waals surface area contributed by atoms with Crippen LogP contribution in [-0.2, 0) is 14.8 Å². The third kappa shape index (κ3) is 9.44. The van der Waals surface area contributed by atoms with Crippen LogP contribution in [-0.4, -0.2) is 95.3 Å². The van der Waals surface area contributed by atoms with Crippen molar-refractivity contribution in [3.8, 4) is 0 Å². The fourth-order valence-corrected chi connectivity index (χ4v) is 5.79. The molecule has 1 saturated heterocycles. The number of imidazole rings is 1. The van der Waals surface area contributed by atoms with Gasteiger partial charge in [0.25, 0.3) is 6.43 Å². The van der Waals surface area contributed by atoms with E-state index in [0.29, 0.717) is 23.8 Å². The summed E-state index contributed by atoms with van der Waals surface area (Å²) in [5.41, 5.74) is 0.551. The van der Waals surface area contributed by atoms with Gasteiger partial charge in [-0.2, -0.15) is 0 Å². The Morgan fingerprint density at radius 3 is 2.33 bits per heavy atom. The molecule has 2 fully saturated rings. The van der Waals surface area contributed by atoms with Crippen molar-refractivity contribution in [2.75, 3.05) is 39.0 Å². The Morgan fingerprint density at radius 1 is 1.26 bits per heavy atom. The molecule has 0 radical (unpaired) electrons. The van der Waals surface area contributed by atoms with Crippen molar-refractivity contribution in [2.45, 2.75) is 77.3 Å². The van der Waals surface area contributed by atoms with E-state index in [-0.39, 0.29) is 40.8 Å². The molecule has 0 bridgehead atoms. The Hall–Kier alpha value is -2.62. The zero-order valence-corrected chi connectivity index (χ0v) is 27.2. The third-order valence-electron chi connectivity index (χ3n) is 6.66. The van der Waals surface area contributed by atoms with Gasteiger partial charge < -0.3 is 15.1 Å². The molecule has 238 valence electrons. The number of sulfonamides is 1. The summed E-state index contributed by atoms with van der Waals surface area (Å²) in [4.78, 5) is 18.8. The van der Waals surface area contributed by atoms with E-state index < -0.39 is 27.0 Å². The molecule has 1 aliphatic heterocycles. The second-order valence-electron chi connectivity index (χ2n) is 11.0. The van der Waals surface area contributed by atoms with Gasteiger partial charge in [0.2, 0.25) is 15.9 Å². The molecule has 2 aliphatic rings. The Morgan fingerprint density at radius 2 is 1.86 bits per heavy atom. The van der Waals surface area contributed by atoms with Crippen LogP contribution >= 0.6 is 11.8 Å². The smallest absolute Gasteiger partial charge is 0.285 e. The molecule has 0 aromatic carbocycles. The van der Waals surface area contributed by atoms with Crippen LogP contribution in [0.15, 0.2) is 23.4 Å². The molecule has 11 nitrogen and oxygen atoms in total. The first-order valence-electron chi connectivity index (χ1n) is 13.9. The predicted molar refractivity (Wildman–Crippen MR) is 168 cm³/mol. The lowest BCUT2D eigenvalue weighted by molar-refractivity contribution is -0.135. The molecule has 4 N–H and O–H groups in total. The van der Waals surface area contributed by atoms with E-state index in [1.54, 1.807) is 6.92 Å². The van der Waals surface area contributed by atoms with Crippen molar-refractivity contribution in [1.82, 2.24) is 23.9 Å². The van der Waals surface area contributed by atoms with Gasteiger partial charge in [-0.15, -0.1) is 0 Å². The van der Waals surface area contributed by atoms with Gasteiger partial charge in [-0.25, -0.2) is 26.9 Å². The molecule has 2 aromatic heterocycles. The molecule has 15 heteroatoms. The Balaban J connectivity index is 0.000000600. The first-order chi connectivity index (χ1) is 19.5. The van der Waals surface area contributed by atoms with Crippen LogP contribution in [0.4, 0.5) is 14.5 Å². The summed E-state index contributed by atoms with van der Waals surface area (Å²) < 4.78 is 55.3. The summed E-state index contributed by atoms with van der Waals surface area (Å²) in [5, 5.41) is 17.3. The zero-order valence-electron chi connectivity index (χ0n) is 25.6. The summed E-state index contributed by atoms with van der Waals surface area (Å²) in [6.45, 7) is 13.8. The summed E-state index contributed by atoms with van der Waals surface area (Å²) >= 11 is 0.286. The van der Waals surface area contributed by atoms with Gasteiger partial charge >= 0.3 is 0 Å². The standard InChI is InChI=1S/C18H24F2N6O2S2.C7H14N2O.C2H6.H2/c1-10(2)7-23-12-6-11(30(27,28)25-18(3)4-5-18)9-26-13(12)8-24-17(26)16(22)29-15(21)14(19)20;1-6(10)9-4-7(5-9)8(2)3;1-2;/h6,8-10,14,21-23,25H,4-5,7H2,1-3H3;7H,4-5H2,1-3H3;1-2H3;1H. The number of hydrogen-bond acceptors (Lipinski definition) is 9. The number of pyridine rings is 1. The van der Waals surface area contributed by atoms with E-state index in [1.165, 1.54) is 22.9 Å². The summed E-state index contributed by atoms with van der Waals surface area (Å²) in [6, 6.07) is 2.10. The number of thioether (sulfide) groups is 1. The number of carbonyl (C=O) groups excluding carboxylic acids is 1. The van der Waals surface area contributed by atoms with E-state index in [4.69, 9.17) is 10.8 Å². The number of likely N-dealkylation sites (N-methyl/N-ethyl adjacent to an activating group) is 1. The fraction of sp³-hybridized carbons (Fsp3) is 0.630. The minimum absolute atomic E-state index is 0. The predicted octanol–water partition coefficient (Wildman–Crippen LogP) is 4.58. The van der Waals surface area contributed by atoms with Crippen LogP contribution in [0.2, 0.25) is 0 Å². The highest BCUT2D eigenvalue weighted by atomic mass is 32.2. The maximum Gasteiger partial charge on any atom is 0.285 e. The number of carbonyl (C=O) groups is 1. The number of likely N-dealkylation sites (tertiary alicyclic amines) is 1. The van der Waals surface area contributed by atoms with E-state index in [0.717, 1.165) is 25.9 Å². The largest absolute Gasteiger partial charge is 0.383 e. The van der Waals surface area contributed by atoms with Crippen LogP contribution in [0, 0.1) is 16.7 Å². The number of nitrogens with one attached hydrogen (secondary N) is 4. The van der Waals surface area contributed by atoms with Gasteiger partial charge in [0.05, 0.1) is 17.4 Å². The molecule has 1 saturated carbocycles. The van der Waals surface area contributed by atoms with Crippen LogP contribution in [0.5, 0.6) is 0 Å². The lowest BCUT2D eigenvalue weighted by Crippen LogP contribution is -2.58. The number of fused-ring (bicyclic) bond motifs is 1. The van der Waals surface area contributed by atoms with Crippen molar-refractivity contribution in [3.05, 3.63) is 24.3 Å². The minimum Gasteiger partial charge on any atom is -0.383 e. The number of anilines is 1. The number of nitrogens with zero attached hydrogens (tertiary/aromatic N) is 4. The number of amides is 1. The molecule has 3 heterocycles. The molecular formula is C27H46F2N8O3S2. The second-order valence-corrected chi connectivity index (χ2v) is 13.7. The number of hydrogen-bond donors (Lipinski definition) is 4. The minimum atomic E-state index is -3.84. The highest BCUT2D eigenvalue weighted by Crippen LogP contribution is 2.36. The third-order valence-corrected chi connectivity index (χ3v) is 9.05. The van der Waals surface area contributed by atoms with Crippen molar-refractivity contribution < 1.29 is 23.4 Å². The quantitative estimate of drug-likeness (QED) is 0.234. The first kappa shape index (κ1) is 35.6. The normalized spacial score (nSPS) is 16.0. The van der Waals surface area contributed by atoms with Crippen LogP contribution < -0.4 is 10.0 Å².